The normalized spacial score (nSPS) is 11.9. The molecule has 2 aromatic heterocycles. The first kappa shape index (κ1) is 19.6. The highest BCUT2D eigenvalue weighted by Gasteiger charge is 2.26. The predicted octanol–water partition coefficient (Wildman–Crippen LogP) is 3.74. The lowest BCUT2D eigenvalue weighted by atomic mass is 10.0. The lowest BCUT2D eigenvalue weighted by Crippen LogP contribution is -2.47. The van der Waals surface area contributed by atoms with E-state index in [4.69, 9.17) is 0 Å². The molecule has 1 aromatic carbocycles. The minimum absolute atomic E-state index is 0.104. The molecular formula is C20H19FN4O2S. The van der Waals surface area contributed by atoms with Gasteiger partial charge in [0.15, 0.2) is 5.13 Å². The summed E-state index contributed by atoms with van der Waals surface area (Å²) in [5, 5.41) is 7.51. The monoisotopic (exact) mass is 398 g/mol. The molecule has 0 aliphatic heterocycles. The van der Waals surface area contributed by atoms with Crippen molar-refractivity contribution in [2.45, 2.75) is 19.9 Å². The van der Waals surface area contributed by atoms with Crippen molar-refractivity contribution in [3.63, 3.8) is 0 Å². The van der Waals surface area contributed by atoms with E-state index < -0.39 is 23.7 Å². The summed E-state index contributed by atoms with van der Waals surface area (Å²) in [6, 6.07) is 10.3. The van der Waals surface area contributed by atoms with Gasteiger partial charge in [0.05, 0.1) is 11.3 Å². The van der Waals surface area contributed by atoms with E-state index in [-0.39, 0.29) is 11.5 Å². The van der Waals surface area contributed by atoms with E-state index in [1.807, 2.05) is 18.2 Å². The first-order chi connectivity index (χ1) is 13.5. The largest absolute Gasteiger partial charge is 0.340 e. The summed E-state index contributed by atoms with van der Waals surface area (Å²) in [5.41, 5.74) is 1.25. The fourth-order valence-electron chi connectivity index (χ4n) is 2.55. The van der Waals surface area contributed by atoms with E-state index in [2.05, 4.69) is 20.6 Å². The highest BCUT2D eigenvalue weighted by molar-refractivity contribution is 7.14. The summed E-state index contributed by atoms with van der Waals surface area (Å²) in [5.74, 6) is -1.89. The number of hydrogen-bond acceptors (Lipinski definition) is 5. The maximum absolute atomic E-state index is 13.8. The standard InChI is InChI=1S/C20H19FN4O2S/c1-12(2)17(24-18(26)13-7-3-4-8-14(13)21)19(27)25-20-23-16(11-28-20)15-9-5-6-10-22-15/h3-12,17H,1-2H3,(H,24,26)(H,23,25,27). The minimum atomic E-state index is -0.839. The second-order valence-corrected chi connectivity index (χ2v) is 7.28. The molecule has 144 valence electrons. The predicted molar refractivity (Wildman–Crippen MR) is 106 cm³/mol. The van der Waals surface area contributed by atoms with Crippen molar-refractivity contribution in [1.82, 2.24) is 15.3 Å². The first-order valence-electron chi connectivity index (χ1n) is 8.69. The van der Waals surface area contributed by atoms with Crippen molar-refractivity contribution in [2.24, 2.45) is 5.92 Å². The molecule has 0 saturated heterocycles. The molecule has 3 aromatic rings. The van der Waals surface area contributed by atoms with E-state index in [0.717, 1.165) is 0 Å². The Morgan fingerprint density at radius 3 is 2.50 bits per heavy atom. The molecule has 6 nitrogen and oxygen atoms in total. The van der Waals surface area contributed by atoms with Gasteiger partial charge in [-0.2, -0.15) is 0 Å². The maximum atomic E-state index is 13.8. The Bertz CT molecular complexity index is 975. The number of halogens is 1. The van der Waals surface area contributed by atoms with Crippen molar-refractivity contribution in [2.75, 3.05) is 5.32 Å². The average molecular weight is 398 g/mol. The van der Waals surface area contributed by atoms with E-state index >= 15 is 0 Å². The van der Waals surface area contributed by atoms with E-state index in [9.17, 15) is 14.0 Å². The van der Waals surface area contributed by atoms with Gasteiger partial charge in [-0.25, -0.2) is 9.37 Å². The highest BCUT2D eigenvalue weighted by Crippen LogP contribution is 2.23. The molecule has 0 fully saturated rings. The number of rotatable bonds is 6. The van der Waals surface area contributed by atoms with Gasteiger partial charge in [-0.3, -0.25) is 14.6 Å². The molecule has 8 heteroatoms. The summed E-state index contributed by atoms with van der Waals surface area (Å²) in [6.07, 6.45) is 1.67. The van der Waals surface area contributed by atoms with E-state index in [1.54, 1.807) is 31.5 Å². The number of amides is 2. The van der Waals surface area contributed by atoms with Gasteiger partial charge in [0, 0.05) is 11.6 Å². The topological polar surface area (TPSA) is 84.0 Å². The number of nitrogens with zero attached hydrogens (tertiary/aromatic N) is 2. The van der Waals surface area contributed by atoms with Crippen LogP contribution in [0.5, 0.6) is 0 Å². The molecule has 3 rings (SSSR count). The molecule has 2 amide bonds. The van der Waals surface area contributed by atoms with Crippen LogP contribution in [0.15, 0.2) is 54.0 Å². The van der Waals surface area contributed by atoms with Gasteiger partial charge in [-0.1, -0.05) is 32.0 Å². The van der Waals surface area contributed by atoms with E-state index in [1.165, 1.54) is 29.5 Å². The van der Waals surface area contributed by atoms with Crippen LogP contribution in [0.25, 0.3) is 11.4 Å². The number of hydrogen-bond donors (Lipinski definition) is 2. The lowest BCUT2D eigenvalue weighted by Gasteiger charge is -2.21. The molecule has 1 atom stereocenters. The zero-order valence-corrected chi connectivity index (χ0v) is 16.2. The third-order valence-corrected chi connectivity index (χ3v) is 4.77. The Hall–Kier alpha value is -3.13. The van der Waals surface area contributed by atoms with Crippen LogP contribution >= 0.6 is 11.3 Å². The smallest absolute Gasteiger partial charge is 0.254 e. The Labute approximate surface area is 165 Å². The van der Waals surface area contributed by atoms with Gasteiger partial charge < -0.3 is 10.6 Å². The van der Waals surface area contributed by atoms with Gasteiger partial charge in [-0.05, 0) is 30.2 Å². The molecular weight excluding hydrogens is 379 g/mol. The van der Waals surface area contributed by atoms with Crippen LogP contribution in [0.4, 0.5) is 9.52 Å². The summed E-state index contributed by atoms with van der Waals surface area (Å²) < 4.78 is 13.8. The summed E-state index contributed by atoms with van der Waals surface area (Å²) in [7, 11) is 0. The molecule has 2 heterocycles. The van der Waals surface area contributed by atoms with Gasteiger partial charge in [0.25, 0.3) is 5.91 Å². The Kier molecular flexibility index (Phi) is 6.10. The number of aromatic nitrogens is 2. The Balaban J connectivity index is 1.71. The zero-order valence-electron chi connectivity index (χ0n) is 15.3. The van der Waals surface area contributed by atoms with Crippen LogP contribution < -0.4 is 10.6 Å². The summed E-state index contributed by atoms with van der Waals surface area (Å²) in [6.45, 7) is 3.60. The van der Waals surface area contributed by atoms with Gasteiger partial charge >= 0.3 is 0 Å². The number of pyridine rings is 1. The van der Waals surface area contributed by atoms with Crippen LogP contribution in [-0.4, -0.2) is 27.8 Å². The van der Waals surface area contributed by atoms with Gasteiger partial charge in [0.1, 0.15) is 17.6 Å². The number of nitrogens with one attached hydrogen (secondary N) is 2. The molecule has 28 heavy (non-hydrogen) atoms. The van der Waals surface area contributed by atoms with Crippen LogP contribution in [0.3, 0.4) is 0 Å². The molecule has 0 bridgehead atoms. The molecule has 2 N–H and O–H groups in total. The second-order valence-electron chi connectivity index (χ2n) is 6.42. The second kappa shape index (κ2) is 8.71. The highest BCUT2D eigenvalue weighted by atomic mass is 32.1. The fourth-order valence-corrected chi connectivity index (χ4v) is 3.25. The molecule has 0 aliphatic rings. The Morgan fingerprint density at radius 1 is 1.07 bits per heavy atom. The average Bonchev–Trinajstić information content (AvgIpc) is 3.15. The molecule has 0 saturated carbocycles. The van der Waals surface area contributed by atoms with Crippen molar-refractivity contribution in [1.29, 1.82) is 0 Å². The maximum Gasteiger partial charge on any atom is 0.254 e. The van der Waals surface area contributed by atoms with Crippen molar-refractivity contribution < 1.29 is 14.0 Å². The quantitative estimate of drug-likeness (QED) is 0.663. The Morgan fingerprint density at radius 2 is 1.82 bits per heavy atom. The minimum Gasteiger partial charge on any atom is -0.340 e. The summed E-state index contributed by atoms with van der Waals surface area (Å²) in [4.78, 5) is 33.6. The number of benzene rings is 1. The number of carbonyl (C=O) groups is 2. The third kappa shape index (κ3) is 4.58. The molecule has 0 aliphatic carbocycles. The van der Waals surface area contributed by atoms with E-state index in [0.29, 0.717) is 16.5 Å². The van der Waals surface area contributed by atoms with Crippen LogP contribution in [0.1, 0.15) is 24.2 Å². The third-order valence-electron chi connectivity index (χ3n) is 4.02. The number of thiazole rings is 1. The number of anilines is 1. The van der Waals surface area contributed by atoms with Crippen molar-refractivity contribution >= 4 is 28.3 Å². The summed E-state index contributed by atoms with van der Waals surface area (Å²) >= 11 is 1.26. The van der Waals surface area contributed by atoms with Crippen LogP contribution in [0.2, 0.25) is 0 Å². The fraction of sp³-hybridized carbons (Fsp3) is 0.200. The van der Waals surface area contributed by atoms with Crippen molar-refractivity contribution in [3.05, 3.63) is 65.4 Å². The van der Waals surface area contributed by atoms with Gasteiger partial charge in [0.2, 0.25) is 5.91 Å². The van der Waals surface area contributed by atoms with Gasteiger partial charge in [-0.15, -0.1) is 11.3 Å². The molecule has 1 unspecified atom stereocenters. The first-order valence-corrected chi connectivity index (χ1v) is 9.57. The molecule has 0 spiro atoms. The van der Waals surface area contributed by atoms with Crippen LogP contribution in [-0.2, 0) is 4.79 Å². The molecule has 0 radical (unpaired) electrons. The number of carbonyl (C=O) groups excluding carboxylic acids is 2. The van der Waals surface area contributed by atoms with Crippen molar-refractivity contribution in [3.8, 4) is 11.4 Å². The van der Waals surface area contributed by atoms with Crippen LogP contribution in [0, 0.1) is 11.7 Å². The zero-order chi connectivity index (χ0) is 20.1. The SMILES string of the molecule is CC(C)C(NC(=O)c1ccccc1F)C(=O)Nc1nc(-c2ccccn2)cs1. The lowest BCUT2D eigenvalue weighted by molar-refractivity contribution is -0.118.